The number of ether oxygens (including phenoxy) is 1. The number of pyridine rings is 1. The molecule has 6 heteroatoms. The van der Waals surface area contributed by atoms with Crippen LogP contribution in [0.5, 0.6) is 0 Å². The van der Waals surface area contributed by atoms with Gasteiger partial charge in [0.1, 0.15) is 5.69 Å². The van der Waals surface area contributed by atoms with Crippen molar-refractivity contribution in [1.29, 1.82) is 0 Å². The van der Waals surface area contributed by atoms with E-state index in [1.54, 1.807) is 4.90 Å². The van der Waals surface area contributed by atoms with Crippen molar-refractivity contribution in [3.8, 4) is 0 Å². The molecule has 136 valence electrons. The van der Waals surface area contributed by atoms with Gasteiger partial charge in [-0.3, -0.25) is 4.79 Å². The van der Waals surface area contributed by atoms with Crippen LogP contribution >= 0.6 is 0 Å². The highest BCUT2D eigenvalue weighted by Crippen LogP contribution is 2.16. The fourth-order valence-corrected chi connectivity index (χ4v) is 3.05. The maximum atomic E-state index is 12.5. The standard InChI is InChI=1S/C20H22N2O4/c23-19(16-8-9-18(20(24)25)21-13-16)22-11-10-17(14-22)26-12-4-7-15-5-2-1-3-6-15/h1-3,5-6,8-9,13,17H,4,7,10-12,14H2,(H,24,25). The molecule has 2 heterocycles. The van der Waals surface area contributed by atoms with Crippen molar-refractivity contribution in [2.24, 2.45) is 0 Å². The monoisotopic (exact) mass is 354 g/mol. The largest absolute Gasteiger partial charge is 0.477 e. The van der Waals surface area contributed by atoms with Crippen LogP contribution in [-0.4, -0.2) is 52.7 Å². The summed E-state index contributed by atoms with van der Waals surface area (Å²) in [4.78, 5) is 28.8. The van der Waals surface area contributed by atoms with Crippen LogP contribution < -0.4 is 0 Å². The molecule has 1 amide bonds. The van der Waals surface area contributed by atoms with E-state index in [4.69, 9.17) is 9.84 Å². The van der Waals surface area contributed by atoms with E-state index in [1.165, 1.54) is 23.9 Å². The summed E-state index contributed by atoms with van der Waals surface area (Å²) < 4.78 is 5.90. The molecule has 0 spiro atoms. The van der Waals surface area contributed by atoms with Crippen LogP contribution in [0.4, 0.5) is 0 Å². The number of aryl methyl sites for hydroxylation is 1. The number of likely N-dealkylation sites (tertiary alicyclic amines) is 1. The zero-order valence-electron chi connectivity index (χ0n) is 14.5. The molecule has 6 nitrogen and oxygen atoms in total. The van der Waals surface area contributed by atoms with Crippen molar-refractivity contribution in [1.82, 2.24) is 9.88 Å². The number of hydrogen-bond acceptors (Lipinski definition) is 4. The van der Waals surface area contributed by atoms with Crippen molar-refractivity contribution in [2.45, 2.75) is 25.4 Å². The number of rotatable bonds is 7. The lowest BCUT2D eigenvalue weighted by Gasteiger charge is -2.16. The Balaban J connectivity index is 1.43. The number of carboxylic acid groups (broad SMARTS) is 1. The third kappa shape index (κ3) is 4.67. The minimum absolute atomic E-state index is 0.0565. The van der Waals surface area contributed by atoms with E-state index in [0.29, 0.717) is 25.3 Å². The molecular weight excluding hydrogens is 332 g/mol. The van der Waals surface area contributed by atoms with Crippen molar-refractivity contribution < 1.29 is 19.4 Å². The Bertz CT molecular complexity index is 746. The van der Waals surface area contributed by atoms with E-state index in [1.807, 2.05) is 18.2 Å². The van der Waals surface area contributed by atoms with Crippen molar-refractivity contribution in [2.75, 3.05) is 19.7 Å². The van der Waals surface area contributed by atoms with Crippen molar-refractivity contribution in [3.05, 3.63) is 65.5 Å². The molecule has 1 saturated heterocycles. The van der Waals surface area contributed by atoms with Gasteiger partial charge in [-0.15, -0.1) is 0 Å². The molecule has 26 heavy (non-hydrogen) atoms. The average molecular weight is 354 g/mol. The van der Waals surface area contributed by atoms with Gasteiger partial charge in [0, 0.05) is 25.9 Å². The molecule has 3 rings (SSSR count). The smallest absolute Gasteiger partial charge is 0.354 e. The first-order valence-electron chi connectivity index (χ1n) is 8.77. The minimum atomic E-state index is -1.10. The minimum Gasteiger partial charge on any atom is -0.477 e. The predicted molar refractivity (Wildman–Crippen MR) is 96.2 cm³/mol. The molecule has 1 aliphatic rings. The molecule has 0 radical (unpaired) electrons. The summed E-state index contributed by atoms with van der Waals surface area (Å²) in [6, 6.07) is 13.2. The van der Waals surface area contributed by atoms with Crippen molar-refractivity contribution in [3.63, 3.8) is 0 Å². The molecule has 0 aliphatic carbocycles. The summed E-state index contributed by atoms with van der Waals surface area (Å²) in [5, 5.41) is 8.86. The first-order valence-corrected chi connectivity index (χ1v) is 8.77. The number of hydrogen-bond donors (Lipinski definition) is 1. The van der Waals surface area contributed by atoms with E-state index in [2.05, 4.69) is 17.1 Å². The van der Waals surface area contributed by atoms with Crippen LogP contribution in [0.3, 0.4) is 0 Å². The predicted octanol–water partition coefficient (Wildman–Crippen LogP) is 2.64. The molecule has 1 unspecified atom stereocenters. The number of aromatic carboxylic acids is 1. The van der Waals surface area contributed by atoms with Gasteiger partial charge in [0.25, 0.3) is 5.91 Å². The molecule has 1 aliphatic heterocycles. The second-order valence-corrected chi connectivity index (χ2v) is 6.36. The van der Waals surface area contributed by atoms with Gasteiger partial charge in [-0.05, 0) is 37.0 Å². The number of carbonyl (C=O) groups is 2. The molecule has 1 aromatic heterocycles. The van der Waals surface area contributed by atoms with E-state index in [-0.39, 0.29) is 17.7 Å². The van der Waals surface area contributed by atoms with Gasteiger partial charge in [-0.1, -0.05) is 30.3 Å². The normalized spacial score (nSPS) is 16.6. The summed E-state index contributed by atoms with van der Waals surface area (Å²) in [6.07, 6.45) is 4.13. The summed E-state index contributed by atoms with van der Waals surface area (Å²) in [5.74, 6) is -1.24. The molecule has 1 fully saturated rings. The fraction of sp³-hybridized carbons (Fsp3) is 0.350. The Morgan fingerprint density at radius 1 is 1.19 bits per heavy atom. The topological polar surface area (TPSA) is 79.7 Å². The Hall–Kier alpha value is -2.73. The molecule has 1 aromatic carbocycles. The molecule has 1 N–H and O–H groups in total. The van der Waals surface area contributed by atoms with Gasteiger partial charge in [-0.2, -0.15) is 0 Å². The van der Waals surface area contributed by atoms with Gasteiger partial charge in [0.15, 0.2) is 0 Å². The average Bonchev–Trinajstić information content (AvgIpc) is 3.14. The Kier molecular flexibility index (Phi) is 5.96. The lowest BCUT2D eigenvalue weighted by atomic mass is 10.1. The molecule has 1 atom stereocenters. The van der Waals surface area contributed by atoms with Crippen LogP contribution in [0.15, 0.2) is 48.7 Å². The lowest BCUT2D eigenvalue weighted by Crippen LogP contribution is -2.30. The molecule has 2 aromatic rings. The van der Waals surface area contributed by atoms with Crippen LogP contribution in [0.1, 0.15) is 39.3 Å². The highest BCUT2D eigenvalue weighted by atomic mass is 16.5. The Labute approximate surface area is 152 Å². The van der Waals surface area contributed by atoms with Crippen LogP contribution in [-0.2, 0) is 11.2 Å². The molecule has 0 saturated carbocycles. The number of benzene rings is 1. The number of nitrogens with zero attached hydrogens (tertiary/aromatic N) is 2. The fourth-order valence-electron chi connectivity index (χ4n) is 3.05. The third-order valence-corrected chi connectivity index (χ3v) is 4.47. The highest BCUT2D eigenvalue weighted by molar-refractivity contribution is 5.95. The van der Waals surface area contributed by atoms with E-state index in [0.717, 1.165) is 19.3 Å². The Morgan fingerprint density at radius 2 is 2.00 bits per heavy atom. The summed E-state index contributed by atoms with van der Waals surface area (Å²) in [7, 11) is 0. The summed E-state index contributed by atoms with van der Waals surface area (Å²) in [5.41, 5.74) is 1.64. The number of aromatic nitrogens is 1. The second-order valence-electron chi connectivity index (χ2n) is 6.36. The van der Waals surface area contributed by atoms with Gasteiger partial charge in [0.2, 0.25) is 0 Å². The van der Waals surface area contributed by atoms with Crippen molar-refractivity contribution >= 4 is 11.9 Å². The molecular formula is C20H22N2O4. The van der Waals surface area contributed by atoms with Gasteiger partial charge >= 0.3 is 5.97 Å². The van der Waals surface area contributed by atoms with Crippen LogP contribution in [0.25, 0.3) is 0 Å². The zero-order valence-corrected chi connectivity index (χ0v) is 14.5. The summed E-state index contributed by atoms with van der Waals surface area (Å²) in [6.45, 7) is 1.88. The maximum Gasteiger partial charge on any atom is 0.354 e. The number of carbonyl (C=O) groups excluding carboxylic acids is 1. The van der Waals surface area contributed by atoms with Gasteiger partial charge < -0.3 is 14.7 Å². The van der Waals surface area contributed by atoms with Gasteiger partial charge in [-0.25, -0.2) is 9.78 Å². The first kappa shape index (κ1) is 18.1. The van der Waals surface area contributed by atoms with E-state index >= 15 is 0 Å². The summed E-state index contributed by atoms with van der Waals surface area (Å²) >= 11 is 0. The molecule has 0 bridgehead atoms. The van der Waals surface area contributed by atoms with Crippen LogP contribution in [0, 0.1) is 0 Å². The van der Waals surface area contributed by atoms with Gasteiger partial charge in [0.05, 0.1) is 11.7 Å². The highest BCUT2D eigenvalue weighted by Gasteiger charge is 2.27. The lowest BCUT2D eigenvalue weighted by molar-refractivity contribution is 0.0524. The Morgan fingerprint density at radius 3 is 2.69 bits per heavy atom. The van der Waals surface area contributed by atoms with E-state index < -0.39 is 5.97 Å². The number of amides is 1. The maximum absolute atomic E-state index is 12.5. The van der Waals surface area contributed by atoms with E-state index in [9.17, 15) is 9.59 Å². The third-order valence-electron chi connectivity index (χ3n) is 4.47. The van der Waals surface area contributed by atoms with Crippen LogP contribution in [0.2, 0.25) is 0 Å². The number of carboxylic acids is 1. The second kappa shape index (κ2) is 8.58. The SMILES string of the molecule is O=C(O)c1ccc(C(=O)N2CCC(OCCCc3ccccc3)C2)cn1. The first-order chi connectivity index (χ1) is 12.6. The zero-order chi connectivity index (χ0) is 18.4. The quantitative estimate of drug-likeness (QED) is 0.773.